The lowest BCUT2D eigenvalue weighted by Gasteiger charge is -2.39. The van der Waals surface area contributed by atoms with Crippen molar-refractivity contribution in [1.82, 2.24) is 20.3 Å². The molecule has 0 saturated carbocycles. The number of amides is 4. The number of rotatable bonds is 18. The zero-order valence-corrected chi connectivity index (χ0v) is 32.1. The lowest BCUT2D eigenvalue weighted by molar-refractivity contribution is -0.929. The van der Waals surface area contributed by atoms with E-state index in [4.69, 9.17) is 14.1 Å². The number of nitrogens with zero attached hydrogens (tertiary/aromatic N) is 4. The van der Waals surface area contributed by atoms with Gasteiger partial charge in [-0.2, -0.15) is 13.5 Å². The van der Waals surface area contributed by atoms with Gasteiger partial charge in [0, 0.05) is 13.1 Å². The molecule has 2 N–H and O–H groups in total. The summed E-state index contributed by atoms with van der Waals surface area (Å²) in [6.07, 6.45) is 13.7. The first-order valence-electron chi connectivity index (χ1n) is 18.6. The number of piperidine rings is 2. The van der Waals surface area contributed by atoms with E-state index in [0.717, 1.165) is 12.8 Å². The molecule has 3 aliphatic heterocycles. The highest BCUT2D eigenvalue weighted by atomic mass is 32.3. The van der Waals surface area contributed by atoms with Crippen LogP contribution in [0.3, 0.4) is 0 Å². The molecule has 15 heteroatoms. The van der Waals surface area contributed by atoms with Crippen LogP contribution >= 0.6 is 0 Å². The average Bonchev–Trinajstić information content (AvgIpc) is 3.27. The highest BCUT2D eigenvalue weighted by Crippen LogP contribution is 2.31. The van der Waals surface area contributed by atoms with E-state index in [1.54, 1.807) is 25.7 Å². The smallest absolute Gasteiger partial charge is 0.418 e. The van der Waals surface area contributed by atoms with Gasteiger partial charge in [-0.05, 0) is 78.6 Å². The van der Waals surface area contributed by atoms with Crippen molar-refractivity contribution < 1.29 is 45.7 Å². The minimum atomic E-state index is -4.86. The van der Waals surface area contributed by atoms with E-state index in [1.807, 2.05) is 0 Å². The van der Waals surface area contributed by atoms with Gasteiger partial charge < -0.3 is 19.0 Å². The van der Waals surface area contributed by atoms with Gasteiger partial charge >= 0.3 is 22.5 Å². The van der Waals surface area contributed by atoms with Crippen LogP contribution in [0, 0.1) is 0 Å². The molecule has 3 saturated heterocycles. The lowest BCUT2D eigenvalue weighted by atomic mass is 10.0. The van der Waals surface area contributed by atoms with Crippen LogP contribution in [0.4, 0.5) is 9.59 Å². The van der Waals surface area contributed by atoms with E-state index >= 15 is 0 Å². The van der Waals surface area contributed by atoms with Gasteiger partial charge in [0.1, 0.15) is 11.6 Å². The fourth-order valence-electron chi connectivity index (χ4n) is 6.76. The number of hydrogen-bond acceptors (Lipinski definition) is 8. The second-order valence-corrected chi connectivity index (χ2v) is 15.8. The van der Waals surface area contributed by atoms with Crippen LogP contribution in [0.25, 0.3) is 0 Å². The van der Waals surface area contributed by atoms with Gasteiger partial charge in [0.05, 0.1) is 44.9 Å². The highest BCUT2D eigenvalue weighted by Gasteiger charge is 2.49. The monoisotopic (exact) mass is 720 g/mol. The maximum atomic E-state index is 12.6. The standard InChI is InChI=1S/C18H30N4O9S.C16H36N/c1-18(2,3)30-17(25)20-9-5-4-6-13(20)11-29-19-15(23)14-8-7-12-10-21(14)16(24)22(12)31-32(26,27)28;1-5-9-13-17(14-10-6-2,15-11-7-3)16-12-8-4/h12-14H,4-11H2,1-3H3,(H,19,23)(H,26,27,28);5-16H2,1-4H3/q;+1/t12-,13+,14+;/m1./s1. The quantitative estimate of drug-likeness (QED) is 0.101. The van der Waals surface area contributed by atoms with Gasteiger partial charge in [-0.1, -0.05) is 53.4 Å². The molecule has 286 valence electrons. The largest absolute Gasteiger partial charge is 0.444 e. The van der Waals surface area contributed by atoms with E-state index in [1.165, 1.54) is 86.9 Å². The molecule has 0 spiro atoms. The molecule has 0 aromatic carbocycles. The summed E-state index contributed by atoms with van der Waals surface area (Å²) in [5.74, 6) is -0.565. The third-order valence-electron chi connectivity index (χ3n) is 9.45. The molecule has 3 fully saturated rings. The number of fused-ring (bicyclic) bond motifs is 2. The highest BCUT2D eigenvalue weighted by molar-refractivity contribution is 7.80. The van der Waals surface area contributed by atoms with Crippen molar-refractivity contribution in [1.29, 1.82) is 0 Å². The Morgan fingerprint density at radius 3 is 1.94 bits per heavy atom. The van der Waals surface area contributed by atoms with E-state index < -0.39 is 46.1 Å². The van der Waals surface area contributed by atoms with Crippen molar-refractivity contribution in [3.05, 3.63) is 0 Å². The summed E-state index contributed by atoms with van der Waals surface area (Å²) < 4.78 is 42.0. The lowest BCUT2D eigenvalue weighted by Crippen LogP contribution is -2.52. The number of urea groups is 1. The predicted octanol–water partition coefficient (Wildman–Crippen LogP) is 5.83. The van der Waals surface area contributed by atoms with Gasteiger partial charge in [0.25, 0.3) is 5.91 Å². The normalized spacial score (nSPS) is 21.3. The van der Waals surface area contributed by atoms with Crippen LogP contribution in [0.5, 0.6) is 0 Å². The molecule has 0 aromatic heterocycles. The summed E-state index contributed by atoms with van der Waals surface area (Å²) in [6.45, 7) is 21.1. The summed E-state index contributed by atoms with van der Waals surface area (Å²) in [6, 6.07) is -2.54. The van der Waals surface area contributed by atoms with E-state index in [2.05, 4.69) is 37.5 Å². The number of carbonyl (C=O) groups is 3. The van der Waals surface area contributed by atoms with Crippen LogP contribution in [0.2, 0.25) is 0 Å². The van der Waals surface area contributed by atoms with Crippen molar-refractivity contribution in [3.63, 3.8) is 0 Å². The molecule has 0 radical (unpaired) electrons. The van der Waals surface area contributed by atoms with Gasteiger partial charge in [-0.25, -0.2) is 15.1 Å². The Hall–Kier alpha value is -2.20. The zero-order valence-electron chi connectivity index (χ0n) is 31.3. The van der Waals surface area contributed by atoms with E-state index in [-0.39, 0.29) is 25.6 Å². The first kappa shape index (κ1) is 43.0. The van der Waals surface area contributed by atoms with Crippen molar-refractivity contribution in [2.45, 2.75) is 156 Å². The molecule has 4 amide bonds. The molecule has 49 heavy (non-hydrogen) atoms. The van der Waals surface area contributed by atoms with Gasteiger partial charge in [0.2, 0.25) is 0 Å². The number of hydroxylamine groups is 3. The number of hydrogen-bond donors (Lipinski definition) is 2. The third-order valence-corrected chi connectivity index (χ3v) is 9.80. The summed E-state index contributed by atoms with van der Waals surface area (Å²) in [5.41, 5.74) is 1.71. The van der Waals surface area contributed by atoms with Gasteiger partial charge in [-0.15, -0.1) is 4.28 Å². The second-order valence-electron chi connectivity index (χ2n) is 14.8. The van der Waals surface area contributed by atoms with Crippen LogP contribution in [-0.2, 0) is 29.1 Å². The molecule has 0 aromatic rings. The summed E-state index contributed by atoms with van der Waals surface area (Å²) in [4.78, 5) is 45.6. The number of likely N-dealkylation sites (tertiary alicyclic amines) is 1. The fraction of sp³-hybridized carbons (Fsp3) is 0.912. The average molecular weight is 721 g/mol. The Kier molecular flexibility index (Phi) is 18.1. The Balaban J connectivity index is 0.000000417. The van der Waals surface area contributed by atoms with E-state index in [0.29, 0.717) is 24.4 Å². The zero-order chi connectivity index (χ0) is 36.7. The molecule has 2 bridgehead atoms. The van der Waals surface area contributed by atoms with Crippen LogP contribution in [0.15, 0.2) is 0 Å². The molecule has 3 atom stereocenters. The number of carbonyl (C=O) groups excluding carboxylic acids is 3. The van der Waals surface area contributed by atoms with Crippen molar-refractivity contribution >= 4 is 28.4 Å². The third kappa shape index (κ3) is 14.5. The fourth-order valence-corrected chi connectivity index (χ4v) is 7.15. The molecule has 0 unspecified atom stereocenters. The first-order valence-corrected chi connectivity index (χ1v) is 20.0. The predicted molar refractivity (Wildman–Crippen MR) is 187 cm³/mol. The minimum Gasteiger partial charge on any atom is -0.444 e. The number of quaternary nitrogens is 1. The molecular weight excluding hydrogens is 654 g/mol. The number of nitrogens with one attached hydrogen (secondary N) is 1. The first-order chi connectivity index (χ1) is 23.1. The Morgan fingerprint density at radius 2 is 1.45 bits per heavy atom. The maximum Gasteiger partial charge on any atom is 0.418 e. The molecule has 3 aliphatic rings. The summed E-state index contributed by atoms with van der Waals surface area (Å²) in [7, 11) is -4.86. The second kappa shape index (κ2) is 20.6. The van der Waals surface area contributed by atoms with Crippen molar-refractivity contribution in [2.24, 2.45) is 0 Å². The van der Waals surface area contributed by atoms with Gasteiger partial charge in [0.15, 0.2) is 0 Å². The Labute approximate surface area is 295 Å². The minimum absolute atomic E-state index is 0.0618. The molecule has 0 aliphatic carbocycles. The van der Waals surface area contributed by atoms with Crippen LogP contribution in [-0.4, -0.2) is 120 Å². The number of unbranched alkanes of at least 4 members (excludes halogenated alkanes) is 4. The van der Waals surface area contributed by atoms with Crippen LogP contribution in [0.1, 0.15) is 132 Å². The Bertz CT molecular complexity index is 1100. The molecule has 3 rings (SSSR count). The maximum absolute atomic E-state index is 12.6. The molecular formula is C34H66N5O9S+. The SMILES string of the molecule is CC(C)(C)OC(=O)N1CCCC[C@H]1CONC(=O)[C@@H]1CC[C@@H]2CN1C(=O)N2OS(=O)(=O)O.CCCC[N+](CCCC)(CCCC)CCCC. The molecule has 3 heterocycles. The van der Waals surface area contributed by atoms with Crippen LogP contribution < -0.4 is 5.48 Å². The summed E-state index contributed by atoms with van der Waals surface area (Å²) in [5, 5.41) is 0.574. The van der Waals surface area contributed by atoms with Gasteiger partial charge in [-0.3, -0.25) is 14.2 Å². The Morgan fingerprint density at radius 1 is 0.898 bits per heavy atom. The van der Waals surface area contributed by atoms with Crippen molar-refractivity contribution in [3.8, 4) is 0 Å². The molecule has 14 nitrogen and oxygen atoms in total. The van der Waals surface area contributed by atoms with E-state index in [9.17, 15) is 22.8 Å². The topological polar surface area (TPSA) is 155 Å². The number of ether oxygens (including phenoxy) is 1. The summed E-state index contributed by atoms with van der Waals surface area (Å²) >= 11 is 0. The van der Waals surface area contributed by atoms with Crippen molar-refractivity contribution in [2.75, 3.05) is 45.9 Å².